The summed E-state index contributed by atoms with van der Waals surface area (Å²) >= 11 is 0. The Morgan fingerprint density at radius 2 is 2.12 bits per heavy atom. The number of fused-ring (bicyclic) bond motifs is 1. The highest BCUT2D eigenvalue weighted by Crippen LogP contribution is 2.41. The van der Waals surface area contributed by atoms with Crippen molar-refractivity contribution in [2.45, 2.75) is 51.5 Å². The summed E-state index contributed by atoms with van der Waals surface area (Å²) in [5.41, 5.74) is 3.47. The first kappa shape index (κ1) is 16.8. The molecule has 0 atom stereocenters. The lowest BCUT2D eigenvalue weighted by Crippen LogP contribution is -2.28. The van der Waals surface area contributed by atoms with Crippen LogP contribution in [0.2, 0.25) is 0 Å². The molecule has 1 fully saturated rings. The number of pyridine rings is 1. The lowest BCUT2D eigenvalue weighted by molar-refractivity contribution is 0.0947. The maximum atomic E-state index is 12.5. The van der Waals surface area contributed by atoms with Gasteiger partial charge in [0.1, 0.15) is 11.3 Å². The standard InChI is InChI=1S/C20H25N5O/c1-20(2,3)25-17(14-7-8-14)12-16(23-25)19(26)21-10-9-15-13-24-11-5-4-6-18(24)22-15/h4-6,11-14H,7-10H2,1-3H3,(H,21,26). The quantitative estimate of drug-likeness (QED) is 0.768. The molecule has 3 aromatic heterocycles. The molecule has 3 aromatic rings. The summed E-state index contributed by atoms with van der Waals surface area (Å²) in [4.78, 5) is 17.1. The highest BCUT2D eigenvalue weighted by atomic mass is 16.1. The third-order valence-electron chi connectivity index (χ3n) is 4.68. The van der Waals surface area contributed by atoms with Crippen molar-refractivity contribution in [2.75, 3.05) is 6.54 Å². The molecule has 1 aliphatic rings. The molecule has 1 aliphatic carbocycles. The fourth-order valence-electron chi connectivity index (χ4n) is 3.22. The van der Waals surface area contributed by atoms with Crippen LogP contribution in [0.15, 0.2) is 36.7 Å². The maximum absolute atomic E-state index is 12.5. The first-order valence-electron chi connectivity index (χ1n) is 9.23. The van der Waals surface area contributed by atoms with Crippen LogP contribution < -0.4 is 5.32 Å². The Kier molecular flexibility index (Phi) is 4.05. The van der Waals surface area contributed by atoms with Gasteiger partial charge in [-0.25, -0.2) is 4.98 Å². The highest BCUT2D eigenvalue weighted by Gasteiger charge is 2.32. The van der Waals surface area contributed by atoms with Crippen molar-refractivity contribution in [2.24, 2.45) is 0 Å². The minimum absolute atomic E-state index is 0.112. The van der Waals surface area contributed by atoms with E-state index in [2.05, 4.69) is 36.2 Å². The van der Waals surface area contributed by atoms with Gasteiger partial charge < -0.3 is 9.72 Å². The predicted octanol–water partition coefficient (Wildman–Crippen LogP) is 3.14. The normalized spacial score (nSPS) is 14.7. The number of aromatic nitrogens is 4. The van der Waals surface area contributed by atoms with Crippen LogP contribution in [-0.2, 0) is 12.0 Å². The number of nitrogens with one attached hydrogen (secondary N) is 1. The zero-order chi connectivity index (χ0) is 18.3. The Morgan fingerprint density at radius 3 is 2.81 bits per heavy atom. The molecule has 26 heavy (non-hydrogen) atoms. The zero-order valence-corrected chi connectivity index (χ0v) is 15.6. The Balaban J connectivity index is 1.42. The molecule has 1 N–H and O–H groups in total. The lowest BCUT2D eigenvalue weighted by atomic mass is 10.1. The summed E-state index contributed by atoms with van der Waals surface area (Å²) in [7, 11) is 0. The van der Waals surface area contributed by atoms with E-state index >= 15 is 0 Å². The largest absolute Gasteiger partial charge is 0.350 e. The van der Waals surface area contributed by atoms with E-state index in [1.165, 1.54) is 18.5 Å². The SMILES string of the molecule is CC(C)(C)n1nc(C(=O)NCCc2cn3ccccc3n2)cc1C1CC1. The number of carbonyl (C=O) groups excluding carboxylic acids is 1. The smallest absolute Gasteiger partial charge is 0.271 e. The van der Waals surface area contributed by atoms with Gasteiger partial charge >= 0.3 is 0 Å². The van der Waals surface area contributed by atoms with Gasteiger partial charge in [-0.3, -0.25) is 9.48 Å². The van der Waals surface area contributed by atoms with Gasteiger partial charge in [-0.05, 0) is 51.8 Å². The second kappa shape index (κ2) is 6.27. The van der Waals surface area contributed by atoms with Crippen molar-refractivity contribution < 1.29 is 4.79 Å². The molecule has 0 spiro atoms. The van der Waals surface area contributed by atoms with Crippen molar-refractivity contribution in [3.8, 4) is 0 Å². The van der Waals surface area contributed by atoms with E-state index in [0.717, 1.165) is 11.3 Å². The second-order valence-corrected chi connectivity index (χ2v) is 8.02. The van der Waals surface area contributed by atoms with E-state index in [4.69, 9.17) is 0 Å². The van der Waals surface area contributed by atoms with Crippen LogP contribution in [0.1, 0.15) is 61.4 Å². The number of imidazole rings is 1. The molecule has 6 heteroatoms. The van der Waals surface area contributed by atoms with Crippen LogP contribution in [-0.4, -0.2) is 31.6 Å². The number of carbonyl (C=O) groups is 1. The average molecular weight is 351 g/mol. The predicted molar refractivity (Wildman–Crippen MR) is 100 cm³/mol. The van der Waals surface area contributed by atoms with E-state index in [0.29, 0.717) is 24.6 Å². The minimum atomic E-state index is -0.118. The van der Waals surface area contributed by atoms with Crippen LogP contribution in [0.4, 0.5) is 0 Å². The number of amides is 1. The first-order valence-corrected chi connectivity index (χ1v) is 9.23. The molecule has 0 aliphatic heterocycles. The molecule has 0 unspecified atom stereocenters. The monoisotopic (exact) mass is 351 g/mol. The molecule has 4 rings (SSSR count). The van der Waals surface area contributed by atoms with Gasteiger partial charge in [0.15, 0.2) is 0 Å². The van der Waals surface area contributed by atoms with E-state index in [1.54, 1.807) is 0 Å². The summed E-state index contributed by atoms with van der Waals surface area (Å²) in [6, 6.07) is 7.88. The van der Waals surface area contributed by atoms with E-state index in [9.17, 15) is 4.79 Å². The van der Waals surface area contributed by atoms with Crippen LogP contribution >= 0.6 is 0 Å². The maximum Gasteiger partial charge on any atom is 0.271 e. The molecule has 1 amide bonds. The van der Waals surface area contributed by atoms with Gasteiger partial charge in [0.05, 0.1) is 11.2 Å². The van der Waals surface area contributed by atoms with Gasteiger partial charge in [0.25, 0.3) is 5.91 Å². The Morgan fingerprint density at radius 1 is 1.31 bits per heavy atom. The molecular weight excluding hydrogens is 326 g/mol. The van der Waals surface area contributed by atoms with E-state index in [-0.39, 0.29) is 11.4 Å². The van der Waals surface area contributed by atoms with E-state index < -0.39 is 0 Å². The van der Waals surface area contributed by atoms with Crippen molar-refractivity contribution in [1.82, 2.24) is 24.5 Å². The van der Waals surface area contributed by atoms with Crippen LogP contribution in [0, 0.1) is 0 Å². The average Bonchev–Trinajstić information content (AvgIpc) is 3.19. The third-order valence-corrected chi connectivity index (χ3v) is 4.68. The zero-order valence-electron chi connectivity index (χ0n) is 15.6. The Labute approximate surface area is 153 Å². The second-order valence-electron chi connectivity index (χ2n) is 8.02. The van der Waals surface area contributed by atoms with Crippen molar-refractivity contribution in [1.29, 1.82) is 0 Å². The van der Waals surface area contributed by atoms with Gasteiger partial charge in [-0.15, -0.1) is 0 Å². The summed E-state index contributed by atoms with van der Waals surface area (Å²) in [5, 5.41) is 7.57. The Bertz CT molecular complexity index is 910. The van der Waals surface area contributed by atoms with Crippen molar-refractivity contribution >= 4 is 11.6 Å². The summed E-state index contributed by atoms with van der Waals surface area (Å²) in [6.45, 7) is 6.91. The number of hydrogen-bond acceptors (Lipinski definition) is 3. The summed E-state index contributed by atoms with van der Waals surface area (Å²) in [5.74, 6) is 0.444. The van der Waals surface area contributed by atoms with Gasteiger partial charge in [-0.1, -0.05) is 6.07 Å². The summed E-state index contributed by atoms with van der Waals surface area (Å²) in [6.07, 6.45) is 7.06. The molecular formula is C20H25N5O. The van der Waals surface area contributed by atoms with Crippen molar-refractivity contribution in [3.05, 3.63) is 53.7 Å². The first-order chi connectivity index (χ1) is 12.4. The molecule has 0 aromatic carbocycles. The molecule has 0 bridgehead atoms. The van der Waals surface area contributed by atoms with Crippen LogP contribution in [0.3, 0.4) is 0 Å². The van der Waals surface area contributed by atoms with Gasteiger partial charge in [0, 0.05) is 37.0 Å². The molecule has 6 nitrogen and oxygen atoms in total. The molecule has 0 saturated heterocycles. The summed E-state index contributed by atoms with van der Waals surface area (Å²) < 4.78 is 4.01. The minimum Gasteiger partial charge on any atom is -0.350 e. The van der Waals surface area contributed by atoms with Crippen LogP contribution in [0.5, 0.6) is 0 Å². The lowest BCUT2D eigenvalue weighted by Gasteiger charge is -2.22. The third kappa shape index (κ3) is 3.36. The number of rotatable bonds is 5. The fourth-order valence-corrected chi connectivity index (χ4v) is 3.22. The highest BCUT2D eigenvalue weighted by molar-refractivity contribution is 5.92. The fraction of sp³-hybridized carbons (Fsp3) is 0.450. The van der Waals surface area contributed by atoms with Gasteiger partial charge in [0.2, 0.25) is 0 Å². The van der Waals surface area contributed by atoms with E-state index in [1.807, 2.05) is 45.7 Å². The number of hydrogen-bond donors (Lipinski definition) is 1. The van der Waals surface area contributed by atoms with Crippen LogP contribution in [0.25, 0.3) is 5.65 Å². The molecule has 0 radical (unpaired) electrons. The molecule has 1 saturated carbocycles. The Hall–Kier alpha value is -2.63. The number of nitrogens with zero attached hydrogens (tertiary/aromatic N) is 4. The van der Waals surface area contributed by atoms with Crippen molar-refractivity contribution in [3.63, 3.8) is 0 Å². The topological polar surface area (TPSA) is 64.2 Å². The molecule has 3 heterocycles. The van der Waals surface area contributed by atoms with Gasteiger partial charge in [-0.2, -0.15) is 5.10 Å². The molecule has 136 valence electrons.